The predicted octanol–water partition coefficient (Wildman–Crippen LogP) is 4.27. The molecule has 24 heavy (non-hydrogen) atoms. The van der Waals surface area contributed by atoms with Crippen molar-refractivity contribution in [2.45, 2.75) is 11.3 Å². The first-order valence-electron chi connectivity index (χ1n) is 8.32. The summed E-state index contributed by atoms with van der Waals surface area (Å²) in [6.07, 6.45) is 1.12. The van der Waals surface area contributed by atoms with E-state index in [4.69, 9.17) is 0 Å². The summed E-state index contributed by atoms with van der Waals surface area (Å²) in [5.41, 5.74) is 1.10. The molecule has 0 radical (unpaired) electrons. The van der Waals surface area contributed by atoms with Gasteiger partial charge in [-0.1, -0.05) is 0 Å². The molecule has 1 saturated heterocycles. The van der Waals surface area contributed by atoms with E-state index in [-0.39, 0.29) is 11.6 Å². The molecule has 2 aromatic carbocycles. The molecule has 5 heteroatoms. The molecule has 0 bridgehead atoms. The maximum absolute atomic E-state index is 13.0. The van der Waals surface area contributed by atoms with Gasteiger partial charge >= 0.3 is 0 Å². The fourth-order valence-electron chi connectivity index (χ4n) is 2.89. The van der Waals surface area contributed by atoms with Crippen molar-refractivity contribution in [1.29, 1.82) is 0 Å². The highest BCUT2D eigenvalue weighted by atomic mass is 32.2. The molecule has 1 fully saturated rings. The molecule has 0 aromatic heterocycles. The first kappa shape index (κ1) is 17.2. The second-order valence-electron chi connectivity index (χ2n) is 5.96. The Morgan fingerprint density at radius 1 is 0.792 bits per heavy atom. The third kappa shape index (κ3) is 4.95. The van der Waals surface area contributed by atoms with Gasteiger partial charge < -0.3 is 4.90 Å². The Balaban J connectivity index is 1.35. The molecule has 0 saturated carbocycles. The van der Waals surface area contributed by atoms with Crippen LogP contribution in [0.25, 0.3) is 0 Å². The van der Waals surface area contributed by atoms with Gasteiger partial charge in [-0.25, -0.2) is 8.78 Å². The van der Waals surface area contributed by atoms with Crippen LogP contribution in [0, 0.1) is 11.6 Å². The van der Waals surface area contributed by atoms with Crippen molar-refractivity contribution in [2.24, 2.45) is 0 Å². The summed E-state index contributed by atoms with van der Waals surface area (Å²) in [6, 6.07) is 13.4. The highest BCUT2D eigenvalue weighted by Gasteiger charge is 2.16. The highest BCUT2D eigenvalue weighted by molar-refractivity contribution is 7.99. The third-order valence-corrected chi connectivity index (χ3v) is 5.36. The van der Waals surface area contributed by atoms with Gasteiger partial charge in [-0.15, -0.1) is 11.8 Å². The number of nitrogens with zero attached hydrogens (tertiary/aromatic N) is 2. The van der Waals surface area contributed by atoms with Crippen molar-refractivity contribution in [3.05, 3.63) is 60.2 Å². The Labute approximate surface area is 146 Å². The summed E-state index contributed by atoms with van der Waals surface area (Å²) in [5.74, 6) is 0.679. The van der Waals surface area contributed by atoms with Crippen LogP contribution in [0.2, 0.25) is 0 Å². The van der Waals surface area contributed by atoms with Crippen LogP contribution in [-0.4, -0.2) is 43.4 Å². The number of hydrogen-bond donors (Lipinski definition) is 0. The first-order valence-corrected chi connectivity index (χ1v) is 9.30. The molecule has 128 valence electrons. The van der Waals surface area contributed by atoms with Crippen molar-refractivity contribution < 1.29 is 8.78 Å². The minimum atomic E-state index is -0.184. The van der Waals surface area contributed by atoms with Crippen molar-refractivity contribution in [3.63, 3.8) is 0 Å². The van der Waals surface area contributed by atoms with Crippen LogP contribution in [0.3, 0.4) is 0 Å². The molecule has 0 amide bonds. The van der Waals surface area contributed by atoms with Crippen molar-refractivity contribution in [1.82, 2.24) is 4.90 Å². The van der Waals surface area contributed by atoms with E-state index in [1.54, 1.807) is 11.8 Å². The Morgan fingerprint density at radius 2 is 1.38 bits per heavy atom. The molecule has 0 aliphatic carbocycles. The summed E-state index contributed by atoms with van der Waals surface area (Å²) in [6.45, 7) is 5.14. The van der Waals surface area contributed by atoms with Crippen molar-refractivity contribution in [3.8, 4) is 0 Å². The quantitative estimate of drug-likeness (QED) is 0.569. The van der Waals surface area contributed by atoms with E-state index in [9.17, 15) is 8.78 Å². The Hall–Kier alpha value is -1.59. The van der Waals surface area contributed by atoms with Crippen molar-refractivity contribution >= 4 is 17.4 Å². The van der Waals surface area contributed by atoms with Crippen LogP contribution in [0.4, 0.5) is 14.5 Å². The molecule has 2 aromatic rings. The number of thioether (sulfide) groups is 1. The maximum Gasteiger partial charge on any atom is 0.123 e. The molecule has 0 N–H and O–H groups in total. The molecule has 0 atom stereocenters. The normalized spacial score (nSPS) is 15.7. The number of piperazine rings is 1. The Bertz CT molecular complexity index is 623. The molecular formula is C19H22F2N2S. The largest absolute Gasteiger partial charge is 0.369 e. The molecule has 0 spiro atoms. The fourth-order valence-corrected chi connectivity index (χ4v) is 3.73. The number of rotatable bonds is 6. The summed E-state index contributed by atoms with van der Waals surface area (Å²) in [7, 11) is 0. The minimum Gasteiger partial charge on any atom is -0.369 e. The third-order valence-electron chi connectivity index (χ3n) is 4.27. The monoisotopic (exact) mass is 348 g/mol. The average Bonchev–Trinajstić information content (AvgIpc) is 2.62. The van der Waals surface area contributed by atoms with E-state index in [0.717, 1.165) is 55.5 Å². The molecule has 1 aliphatic heterocycles. The van der Waals surface area contributed by atoms with E-state index in [0.29, 0.717) is 0 Å². The molecule has 1 heterocycles. The van der Waals surface area contributed by atoms with E-state index in [2.05, 4.69) is 9.80 Å². The van der Waals surface area contributed by atoms with Crippen LogP contribution in [0.1, 0.15) is 6.42 Å². The van der Waals surface area contributed by atoms with E-state index in [1.807, 2.05) is 24.3 Å². The van der Waals surface area contributed by atoms with Gasteiger partial charge in [0.25, 0.3) is 0 Å². The second-order valence-corrected chi connectivity index (χ2v) is 7.13. The molecule has 2 nitrogen and oxygen atoms in total. The van der Waals surface area contributed by atoms with Crippen LogP contribution >= 0.6 is 11.8 Å². The molecule has 1 aliphatic rings. The molecule has 3 rings (SSSR count). The Morgan fingerprint density at radius 3 is 2.00 bits per heavy atom. The van der Waals surface area contributed by atoms with Gasteiger partial charge in [-0.05, 0) is 67.2 Å². The van der Waals surface area contributed by atoms with Crippen LogP contribution < -0.4 is 4.90 Å². The van der Waals surface area contributed by atoms with Gasteiger partial charge in [0.05, 0.1) is 0 Å². The van der Waals surface area contributed by atoms with Crippen LogP contribution in [0.5, 0.6) is 0 Å². The summed E-state index contributed by atoms with van der Waals surface area (Å²) in [4.78, 5) is 5.91. The van der Waals surface area contributed by atoms with Gasteiger partial charge in [-0.3, -0.25) is 4.90 Å². The SMILES string of the molecule is Fc1ccc(SCCCN2CCN(c3ccc(F)cc3)CC2)cc1. The lowest BCUT2D eigenvalue weighted by molar-refractivity contribution is 0.259. The number of hydrogen-bond acceptors (Lipinski definition) is 3. The number of halogens is 2. The summed E-state index contributed by atoms with van der Waals surface area (Å²) < 4.78 is 25.8. The smallest absolute Gasteiger partial charge is 0.123 e. The van der Waals surface area contributed by atoms with Gasteiger partial charge in [0.15, 0.2) is 0 Å². The molecule has 0 unspecified atom stereocenters. The van der Waals surface area contributed by atoms with Gasteiger partial charge in [0.1, 0.15) is 11.6 Å². The van der Waals surface area contributed by atoms with E-state index >= 15 is 0 Å². The topological polar surface area (TPSA) is 6.48 Å². The number of benzene rings is 2. The average molecular weight is 348 g/mol. The van der Waals surface area contributed by atoms with Crippen molar-refractivity contribution in [2.75, 3.05) is 43.4 Å². The lowest BCUT2D eigenvalue weighted by Gasteiger charge is -2.36. The minimum absolute atomic E-state index is 0.182. The Kier molecular flexibility index (Phi) is 6.10. The second kappa shape index (κ2) is 8.49. The molecular weight excluding hydrogens is 326 g/mol. The zero-order valence-corrected chi connectivity index (χ0v) is 14.4. The first-order chi connectivity index (χ1) is 11.7. The lowest BCUT2D eigenvalue weighted by Crippen LogP contribution is -2.46. The number of anilines is 1. The van der Waals surface area contributed by atoms with Gasteiger partial charge in [-0.2, -0.15) is 0 Å². The fraction of sp³-hybridized carbons (Fsp3) is 0.368. The van der Waals surface area contributed by atoms with E-state index in [1.165, 1.54) is 24.3 Å². The highest BCUT2D eigenvalue weighted by Crippen LogP contribution is 2.20. The summed E-state index contributed by atoms with van der Waals surface area (Å²) in [5, 5.41) is 0. The van der Waals surface area contributed by atoms with Gasteiger partial charge in [0.2, 0.25) is 0 Å². The summed E-state index contributed by atoms with van der Waals surface area (Å²) >= 11 is 1.78. The maximum atomic E-state index is 13.0. The van der Waals surface area contributed by atoms with Crippen LogP contribution in [-0.2, 0) is 0 Å². The lowest BCUT2D eigenvalue weighted by atomic mass is 10.2. The van der Waals surface area contributed by atoms with Gasteiger partial charge in [0, 0.05) is 36.8 Å². The van der Waals surface area contributed by atoms with Crippen LogP contribution in [0.15, 0.2) is 53.4 Å². The standard InChI is InChI=1S/C19H22F2N2S/c20-16-2-6-18(7-3-16)23-13-11-22(12-14-23)10-1-15-24-19-8-4-17(21)5-9-19/h2-9H,1,10-15H2. The zero-order valence-electron chi connectivity index (χ0n) is 13.6. The predicted molar refractivity (Wildman–Crippen MR) is 96.8 cm³/mol. The zero-order chi connectivity index (χ0) is 16.8. The van der Waals surface area contributed by atoms with E-state index < -0.39 is 0 Å².